The normalized spacial score (nSPS) is 26.5. The molecule has 0 amide bonds. The summed E-state index contributed by atoms with van der Waals surface area (Å²) in [4.78, 5) is 20.8. The van der Waals surface area contributed by atoms with E-state index in [1.54, 1.807) is 12.4 Å². The Balaban J connectivity index is 1.71. The number of piperidine rings is 1. The van der Waals surface area contributed by atoms with Crippen LogP contribution in [0.15, 0.2) is 23.3 Å². The Kier molecular flexibility index (Phi) is 2.17. The van der Waals surface area contributed by atoms with Crippen molar-refractivity contribution in [3.05, 3.63) is 28.8 Å². The van der Waals surface area contributed by atoms with Gasteiger partial charge in [-0.05, 0) is 19.5 Å². The topological polar surface area (TPSA) is 65.1 Å². The molecule has 3 saturated heterocycles. The maximum atomic E-state index is 11.6. The number of rotatable bonds is 1. The first kappa shape index (κ1) is 10.9. The number of H-pyrrole nitrogens is 1. The van der Waals surface area contributed by atoms with Crippen molar-refractivity contribution in [2.45, 2.75) is 18.5 Å². The highest BCUT2D eigenvalue weighted by Crippen LogP contribution is 2.32. The van der Waals surface area contributed by atoms with Gasteiger partial charge in [-0.25, -0.2) is 10.1 Å². The Morgan fingerprint density at radius 3 is 2.84 bits per heavy atom. The lowest BCUT2D eigenvalue weighted by atomic mass is 9.88. The summed E-state index contributed by atoms with van der Waals surface area (Å²) < 4.78 is 0. The van der Waals surface area contributed by atoms with Crippen LogP contribution in [0, 0.1) is 0 Å². The Bertz CT molecular complexity index is 685. The van der Waals surface area contributed by atoms with Crippen LogP contribution in [0.2, 0.25) is 0 Å². The van der Waals surface area contributed by atoms with E-state index in [2.05, 4.69) is 32.0 Å². The van der Waals surface area contributed by atoms with Crippen molar-refractivity contribution in [3.8, 4) is 0 Å². The lowest BCUT2D eigenvalue weighted by molar-refractivity contribution is 0.0261. The SMILES string of the molecule is CN1C2CC1CN(c1cc3cn[nH]c(=O)c3cn1)C2. The van der Waals surface area contributed by atoms with Gasteiger partial charge < -0.3 is 4.90 Å². The fraction of sp³-hybridized carbons (Fsp3) is 0.462. The van der Waals surface area contributed by atoms with Gasteiger partial charge in [0.05, 0.1) is 11.6 Å². The minimum atomic E-state index is -0.183. The fourth-order valence-electron chi connectivity index (χ4n) is 3.13. The number of hydrogen-bond donors (Lipinski definition) is 1. The van der Waals surface area contributed by atoms with E-state index in [1.165, 1.54) is 6.42 Å². The largest absolute Gasteiger partial charge is 0.353 e. The highest BCUT2D eigenvalue weighted by atomic mass is 16.1. The molecule has 0 radical (unpaired) electrons. The number of likely N-dealkylation sites (N-methyl/N-ethyl adjacent to an activating group) is 1. The molecule has 19 heavy (non-hydrogen) atoms. The summed E-state index contributed by atoms with van der Waals surface area (Å²) in [7, 11) is 2.19. The van der Waals surface area contributed by atoms with Crippen LogP contribution in [-0.2, 0) is 0 Å². The van der Waals surface area contributed by atoms with E-state index in [0.29, 0.717) is 17.5 Å². The molecule has 0 aromatic carbocycles. The van der Waals surface area contributed by atoms with Crippen molar-refractivity contribution >= 4 is 16.6 Å². The molecule has 1 N–H and O–H groups in total. The summed E-state index contributed by atoms with van der Waals surface area (Å²) in [5.74, 6) is 0.947. The van der Waals surface area contributed by atoms with Gasteiger partial charge in [-0.15, -0.1) is 0 Å². The van der Waals surface area contributed by atoms with E-state index in [9.17, 15) is 4.79 Å². The van der Waals surface area contributed by atoms with Gasteiger partial charge in [0.15, 0.2) is 0 Å². The molecule has 6 nitrogen and oxygen atoms in total. The molecule has 5 rings (SSSR count). The molecule has 2 bridgehead atoms. The number of nitrogens with one attached hydrogen (secondary N) is 1. The van der Waals surface area contributed by atoms with Gasteiger partial charge >= 0.3 is 0 Å². The molecule has 0 saturated carbocycles. The van der Waals surface area contributed by atoms with E-state index in [-0.39, 0.29) is 5.56 Å². The summed E-state index contributed by atoms with van der Waals surface area (Å²) in [6.45, 7) is 2.03. The number of hydrogen-bond acceptors (Lipinski definition) is 5. The minimum absolute atomic E-state index is 0.183. The van der Waals surface area contributed by atoms with Crippen molar-refractivity contribution in [2.24, 2.45) is 0 Å². The number of aromatic amines is 1. The molecule has 2 aromatic rings. The van der Waals surface area contributed by atoms with E-state index >= 15 is 0 Å². The van der Waals surface area contributed by atoms with Crippen molar-refractivity contribution < 1.29 is 0 Å². The fourth-order valence-corrected chi connectivity index (χ4v) is 3.13. The number of anilines is 1. The second-order valence-corrected chi connectivity index (χ2v) is 5.44. The average molecular weight is 257 g/mol. The molecular weight excluding hydrogens is 242 g/mol. The molecule has 0 spiro atoms. The molecule has 2 atom stereocenters. The molecule has 3 fully saturated rings. The summed E-state index contributed by atoms with van der Waals surface area (Å²) >= 11 is 0. The van der Waals surface area contributed by atoms with Crippen LogP contribution in [0.3, 0.4) is 0 Å². The van der Waals surface area contributed by atoms with E-state index in [1.807, 2.05) is 6.07 Å². The molecule has 3 aliphatic heterocycles. The maximum Gasteiger partial charge on any atom is 0.273 e. The Labute approximate surface area is 110 Å². The molecule has 5 heterocycles. The van der Waals surface area contributed by atoms with Crippen LogP contribution in [0.25, 0.3) is 10.8 Å². The van der Waals surface area contributed by atoms with E-state index in [0.717, 1.165) is 24.3 Å². The van der Waals surface area contributed by atoms with Crippen LogP contribution in [-0.4, -0.2) is 52.3 Å². The Morgan fingerprint density at radius 2 is 2.11 bits per heavy atom. The molecule has 98 valence electrons. The number of fused-ring (bicyclic) bond motifs is 3. The van der Waals surface area contributed by atoms with Crippen LogP contribution in [0.1, 0.15) is 6.42 Å². The van der Waals surface area contributed by atoms with Gasteiger partial charge in [0, 0.05) is 36.8 Å². The maximum absolute atomic E-state index is 11.6. The number of nitrogens with zero attached hydrogens (tertiary/aromatic N) is 4. The third-order valence-electron chi connectivity index (χ3n) is 4.42. The Hall–Kier alpha value is -1.95. The highest BCUT2D eigenvalue weighted by molar-refractivity contribution is 5.82. The third kappa shape index (κ3) is 1.56. The monoisotopic (exact) mass is 257 g/mol. The van der Waals surface area contributed by atoms with Gasteiger partial charge in [0.2, 0.25) is 0 Å². The van der Waals surface area contributed by atoms with E-state index < -0.39 is 0 Å². The number of pyridine rings is 1. The standard InChI is InChI=1S/C13H15N5O/c1-17-9-3-10(17)7-18(6-9)12-2-8-4-15-16-13(19)11(8)5-14-12/h2,4-5,9-10H,3,6-7H2,1H3,(H,16,19). The van der Waals surface area contributed by atoms with Gasteiger partial charge in [-0.3, -0.25) is 9.69 Å². The molecule has 3 aliphatic rings. The first-order valence-electron chi connectivity index (χ1n) is 6.53. The summed E-state index contributed by atoms with van der Waals surface area (Å²) in [5, 5.41) is 7.71. The lowest BCUT2D eigenvalue weighted by Gasteiger charge is -2.55. The summed E-state index contributed by atoms with van der Waals surface area (Å²) in [6.07, 6.45) is 4.62. The lowest BCUT2D eigenvalue weighted by Crippen LogP contribution is -2.67. The molecule has 0 aliphatic carbocycles. The first-order chi connectivity index (χ1) is 9.22. The van der Waals surface area contributed by atoms with Crippen LogP contribution in [0.5, 0.6) is 0 Å². The zero-order valence-corrected chi connectivity index (χ0v) is 10.7. The van der Waals surface area contributed by atoms with Crippen molar-refractivity contribution in [3.63, 3.8) is 0 Å². The van der Waals surface area contributed by atoms with Crippen LogP contribution in [0.4, 0.5) is 5.82 Å². The first-order valence-corrected chi connectivity index (χ1v) is 6.53. The van der Waals surface area contributed by atoms with Crippen molar-refractivity contribution in [1.29, 1.82) is 0 Å². The minimum Gasteiger partial charge on any atom is -0.353 e. The molecule has 2 aromatic heterocycles. The van der Waals surface area contributed by atoms with Crippen molar-refractivity contribution in [2.75, 3.05) is 25.0 Å². The molecule has 2 unspecified atom stereocenters. The van der Waals surface area contributed by atoms with Crippen LogP contribution < -0.4 is 10.5 Å². The van der Waals surface area contributed by atoms with Gasteiger partial charge in [-0.1, -0.05) is 0 Å². The highest BCUT2D eigenvalue weighted by Gasteiger charge is 2.42. The molecule has 6 heteroatoms. The van der Waals surface area contributed by atoms with Crippen molar-refractivity contribution in [1.82, 2.24) is 20.1 Å². The zero-order chi connectivity index (χ0) is 13.0. The van der Waals surface area contributed by atoms with Crippen LogP contribution >= 0.6 is 0 Å². The quantitative estimate of drug-likeness (QED) is 0.791. The number of piperazine rings is 1. The predicted molar refractivity (Wildman–Crippen MR) is 72.3 cm³/mol. The zero-order valence-electron chi connectivity index (χ0n) is 10.7. The van der Waals surface area contributed by atoms with Gasteiger partial charge in [-0.2, -0.15) is 5.10 Å². The summed E-state index contributed by atoms with van der Waals surface area (Å²) in [6, 6.07) is 3.25. The van der Waals surface area contributed by atoms with Gasteiger partial charge in [0.1, 0.15) is 5.82 Å². The predicted octanol–water partition coefficient (Wildman–Crippen LogP) is 0.211. The second-order valence-electron chi connectivity index (χ2n) is 5.44. The second kappa shape index (κ2) is 3.77. The molecular formula is C13H15N5O. The van der Waals surface area contributed by atoms with Gasteiger partial charge in [0.25, 0.3) is 5.56 Å². The smallest absolute Gasteiger partial charge is 0.273 e. The van der Waals surface area contributed by atoms with E-state index in [4.69, 9.17) is 0 Å². The number of aromatic nitrogens is 3. The Morgan fingerprint density at radius 1 is 1.32 bits per heavy atom. The third-order valence-corrected chi connectivity index (χ3v) is 4.42. The summed E-state index contributed by atoms with van der Waals surface area (Å²) in [5.41, 5.74) is -0.183. The average Bonchev–Trinajstić information content (AvgIpc) is 2.46.